The molecule has 0 spiro atoms. The minimum absolute atomic E-state index is 0.530. The van der Waals surface area contributed by atoms with Gasteiger partial charge in [-0.3, -0.25) is 0 Å². The molecule has 0 amide bonds. The van der Waals surface area contributed by atoms with Gasteiger partial charge in [0.2, 0.25) is 0 Å². The maximum Gasteiger partial charge on any atom is 0.138 e. The minimum atomic E-state index is 0.530. The second-order valence-corrected chi connectivity index (χ2v) is 6.15. The summed E-state index contributed by atoms with van der Waals surface area (Å²) < 4.78 is 5.81. The van der Waals surface area contributed by atoms with Gasteiger partial charge in [0.15, 0.2) is 0 Å². The molecule has 4 heteroatoms. The highest BCUT2D eigenvalue weighted by Crippen LogP contribution is 2.26. The molecule has 0 radical (unpaired) electrons. The molecule has 0 fully saturated rings. The van der Waals surface area contributed by atoms with Crippen LogP contribution in [0.1, 0.15) is 25.0 Å². The molecule has 1 N–H and O–H groups in total. The van der Waals surface area contributed by atoms with Gasteiger partial charge in [0.1, 0.15) is 12.4 Å². The molecule has 0 aliphatic rings. The molecule has 130 valence electrons. The molecule has 0 atom stereocenters. The SMILES string of the molecule is CCN(CC)CCNCc1ccc(OCc2ccccc2)c(Cl)c1. The first-order valence-corrected chi connectivity index (χ1v) is 8.99. The predicted molar refractivity (Wildman–Crippen MR) is 102 cm³/mol. The lowest BCUT2D eigenvalue weighted by atomic mass is 10.2. The van der Waals surface area contributed by atoms with Crippen molar-refractivity contribution in [1.82, 2.24) is 10.2 Å². The lowest BCUT2D eigenvalue weighted by molar-refractivity contribution is 0.302. The number of hydrogen-bond donors (Lipinski definition) is 1. The molecule has 3 nitrogen and oxygen atoms in total. The lowest BCUT2D eigenvalue weighted by Crippen LogP contribution is -2.31. The molecular formula is C20H27ClN2O. The van der Waals surface area contributed by atoms with Crippen LogP contribution in [0.2, 0.25) is 5.02 Å². The molecule has 0 aliphatic carbocycles. The second-order valence-electron chi connectivity index (χ2n) is 5.74. The van der Waals surface area contributed by atoms with Crippen LogP contribution >= 0.6 is 11.6 Å². The fourth-order valence-corrected chi connectivity index (χ4v) is 2.77. The summed E-state index contributed by atoms with van der Waals surface area (Å²) in [6.45, 7) is 9.97. The Morgan fingerprint density at radius 3 is 2.42 bits per heavy atom. The third kappa shape index (κ3) is 6.16. The second kappa shape index (κ2) is 10.3. The predicted octanol–water partition coefficient (Wildman–Crippen LogP) is 4.35. The standard InChI is InChI=1S/C20H27ClN2O/c1-3-23(4-2)13-12-22-15-18-10-11-20(19(21)14-18)24-16-17-8-6-5-7-9-17/h5-11,14,22H,3-4,12-13,15-16H2,1-2H3. The molecule has 0 aliphatic heterocycles. The zero-order valence-electron chi connectivity index (χ0n) is 14.6. The van der Waals surface area contributed by atoms with Gasteiger partial charge < -0.3 is 15.0 Å². The number of nitrogens with zero attached hydrogens (tertiary/aromatic N) is 1. The van der Waals surface area contributed by atoms with Gasteiger partial charge in [-0.15, -0.1) is 0 Å². The largest absolute Gasteiger partial charge is 0.487 e. The normalized spacial score (nSPS) is 11.0. The first-order chi connectivity index (χ1) is 11.7. The van der Waals surface area contributed by atoms with Gasteiger partial charge in [-0.1, -0.05) is 61.8 Å². The Hall–Kier alpha value is -1.55. The molecule has 2 aromatic rings. The van der Waals surface area contributed by atoms with Crippen molar-refractivity contribution in [2.24, 2.45) is 0 Å². The summed E-state index contributed by atoms with van der Waals surface area (Å²) >= 11 is 6.34. The quantitative estimate of drug-likeness (QED) is 0.647. The maximum atomic E-state index is 6.34. The molecule has 0 aromatic heterocycles. The Morgan fingerprint density at radius 1 is 1.00 bits per heavy atom. The zero-order chi connectivity index (χ0) is 17.2. The molecule has 2 aromatic carbocycles. The molecular weight excluding hydrogens is 320 g/mol. The van der Waals surface area contributed by atoms with Crippen LogP contribution in [-0.2, 0) is 13.2 Å². The highest BCUT2D eigenvalue weighted by molar-refractivity contribution is 6.32. The zero-order valence-corrected chi connectivity index (χ0v) is 15.4. The van der Waals surface area contributed by atoms with Crippen molar-refractivity contribution in [1.29, 1.82) is 0 Å². The summed E-state index contributed by atoms with van der Waals surface area (Å²) in [4.78, 5) is 2.40. The summed E-state index contributed by atoms with van der Waals surface area (Å²) in [7, 11) is 0. The number of benzene rings is 2. The van der Waals surface area contributed by atoms with Crippen molar-refractivity contribution in [2.75, 3.05) is 26.2 Å². The number of rotatable bonds is 10. The summed E-state index contributed by atoms with van der Waals surface area (Å²) in [5.74, 6) is 0.729. The lowest BCUT2D eigenvalue weighted by Gasteiger charge is -2.18. The summed E-state index contributed by atoms with van der Waals surface area (Å²) in [6, 6.07) is 16.1. The van der Waals surface area contributed by atoms with E-state index in [-0.39, 0.29) is 0 Å². The van der Waals surface area contributed by atoms with E-state index < -0.39 is 0 Å². The van der Waals surface area contributed by atoms with E-state index in [2.05, 4.69) is 30.1 Å². The van der Waals surface area contributed by atoms with E-state index in [1.54, 1.807) is 0 Å². The first kappa shape index (κ1) is 18.8. The smallest absolute Gasteiger partial charge is 0.138 e. The number of hydrogen-bond acceptors (Lipinski definition) is 3. The Kier molecular flexibility index (Phi) is 8.10. The molecule has 0 heterocycles. The topological polar surface area (TPSA) is 24.5 Å². The third-order valence-electron chi connectivity index (χ3n) is 4.06. The van der Waals surface area contributed by atoms with E-state index in [1.807, 2.05) is 42.5 Å². The van der Waals surface area contributed by atoms with Gasteiger partial charge in [-0.05, 0) is 36.3 Å². The maximum absolute atomic E-state index is 6.34. The van der Waals surface area contributed by atoms with E-state index in [4.69, 9.17) is 16.3 Å². The molecule has 24 heavy (non-hydrogen) atoms. The number of ether oxygens (including phenoxy) is 1. The van der Waals surface area contributed by atoms with Crippen LogP contribution in [0, 0.1) is 0 Å². The molecule has 0 saturated carbocycles. The Bertz CT molecular complexity index is 600. The minimum Gasteiger partial charge on any atom is -0.487 e. The summed E-state index contributed by atoms with van der Waals surface area (Å²) in [5.41, 5.74) is 2.31. The Labute approximate surface area is 150 Å². The van der Waals surface area contributed by atoms with Crippen molar-refractivity contribution < 1.29 is 4.74 Å². The highest BCUT2D eigenvalue weighted by atomic mass is 35.5. The van der Waals surface area contributed by atoms with E-state index >= 15 is 0 Å². The van der Waals surface area contributed by atoms with Crippen molar-refractivity contribution >= 4 is 11.6 Å². The highest BCUT2D eigenvalue weighted by Gasteiger charge is 2.04. The molecule has 0 saturated heterocycles. The van der Waals surface area contributed by atoms with E-state index in [0.717, 1.165) is 44.0 Å². The van der Waals surface area contributed by atoms with E-state index in [9.17, 15) is 0 Å². The van der Waals surface area contributed by atoms with E-state index in [1.165, 1.54) is 5.56 Å². The third-order valence-corrected chi connectivity index (χ3v) is 4.36. The van der Waals surface area contributed by atoms with Crippen molar-refractivity contribution in [3.05, 3.63) is 64.7 Å². The Morgan fingerprint density at radius 2 is 1.75 bits per heavy atom. The first-order valence-electron chi connectivity index (χ1n) is 8.61. The number of halogens is 1. The van der Waals surface area contributed by atoms with Crippen LogP contribution < -0.4 is 10.1 Å². The van der Waals surface area contributed by atoms with Crippen LogP contribution in [0.3, 0.4) is 0 Å². The van der Waals surface area contributed by atoms with E-state index in [0.29, 0.717) is 11.6 Å². The fourth-order valence-electron chi connectivity index (χ4n) is 2.52. The van der Waals surface area contributed by atoms with Gasteiger partial charge in [0.05, 0.1) is 5.02 Å². The Balaban J connectivity index is 1.79. The molecule has 0 bridgehead atoms. The summed E-state index contributed by atoms with van der Waals surface area (Å²) in [5, 5.41) is 4.13. The summed E-state index contributed by atoms with van der Waals surface area (Å²) in [6.07, 6.45) is 0. The van der Waals surface area contributed by atoms with Gasteiger partial charge in [-0.2, -0.15) is 0 Å². The monoisotopic (exact) mass is 346 g/mol. The molecule has 2 rings (SSSR count). The van der Waals surface area contributed by atoms with Crippen LogP contribution in [0.5, 0.6) is 5.75 Å². The van der Waals surface area contributed by atoms with Gasteiger partial charge in [-0.25, -0.2) is 0 Å². The van der Waals surface area contributed by atoms with Crippen molar-refractivity contribution in [2.45, 2.75) is 27.0 Å². The van der Waals surface area contributed by atoms with Crippen LogP contribution in [-0.4, -0.2) is 31.1 Å². The number of nitrogens with one attached hydrogen (secondary N) is 1. The van der Waals surface area contributed by atoms with Crippen LogP contribution in [0.4, 0.5) is 0 Å². The fraction of sp³-hybridized carbons (Fsp3) is 0.400. The van der Waals surface area contributed by atoms with Crippen LogP contribution in [0.15, 0.2) is 48.5 Å². The average Bonchev–Trinajstić information content (AvgIpc) is 2.62. The van der Waals surface area contributed by atoms with Crippen LogP contribution in [0.25, 0.3) is 0 Å². The van der Waals surface area contributed by atoms with Gasteiger partial charge in [0, 0.05) is 19.6 Å². The average molecular weight is 347 g/mol. The number of likely N-dealkylation sites (N-methyl/N-ethyl adjacent to an activating group) is 1. The van der Waals surface area contributed by atoms with Crippen molar-refractivity contribution in [3.63, 3.8) is 0 Å². The van der Waals surface area contributed by atoms with Gasteiger partial charge >= 0.3 is 0 Å². The van der Waals surface area contributed by atoms with Crippen molar-refractivity contribution in [3.8, 4) is 5.75 Å². The molecule has 0 unspecified atom stereocenters. The van der Waals surface area contributed by atoms with Gasteiger partial charge in [0.25, 0.3) is 0 Å².